The second-order valence-electron chi connectivity index (χ2n) is 6.98. The molecule has 136 valence electrons. The van der Waals surface area contributed by atoms with Crippen molar-refractivity contribution >= 4 is 23.3 Å². The zero-order chi connectivity index (χ0) is 19.0. The van der Waals surface area contributed by atoms with Crippen LogP contribution in [0.25, 0.3) is 11.3 Å². The summed E-state index contributed by atoms with van der Waals surface area (Å²) in [5.74, 6) is 0.0213. The normalized spacial score (nSPS) is 14.9. The molecule has 0 radical (unpaired) electrons. The number of rotatable bonds is 4. The Kier molecular flexibility index (Phi) is 3.99. The molecule has 0 saturated heterocycles. The minimum atomic E-state index is -0.641. The Morgan fingerprint density at radius 2 is 1.93 bits per heavy atom. The third-order valence-corrected chi connectivity index (χ3v) is 4.79. The fraction of sp³-hybridized carbons (Fsp3) is 0.200. The molecular weight excluding hydrogens is 342 g/mol. The summed E-state index contributed by atoms with van der Waals surface area (Å²) >= 11 is 0. The van der Waals surface area contributed by atoms with Crippen LogP contribution in [-0.2, 0) is 15.0 Å². The Labute approximate surface area is 156 Å². The van der Waals surface area contributed by atoms with Crippen LogP contribution in [0.4, 0.5) is 11.5 Å². The molecule has 1 aliphatic rings. The first-order valence-corrected chi connectivity index (χ1v) is 8.64. The van der Waals surface area contributed by atoms with Gasteiger partial charge in [0.2, 0.25) is 11.8 Å². The molecule has 2 amide bonds. The number of hydrogen-bond donors (Lipinski definition) is 2. The summed E-state index contributed by atoms with van der Waals surface area (Å²) in [5.41, 5.74) is 2.77. The summed E-state index contributed by atoms with van der Waals surface area (Å²) in [6.45, 7) is 3.69. The summed E-state index contributed by atoms with van der Waals surface area (Å²) in [4.78, 5) is 30.8. The Bertz CT molecular complexity index is 1010. The highest BCUT2D eigenvalue weighted by molar-refractivity contribution is 6.11. The van der Waals surface area contributed by atoms with Crippen LogP contribution in [0.1, 0.15) is 19.4 Å². The maximum absolute atomic E-state index is 12.8. The third-order valence-electron chi connectivity index (χ3n) is 4.79. The smallest absolute Gasteiger partial charge is 0.245 e. The number of pyridine rings is 1. The Morgan fingerprint density at radius 1 is 1.19 bits per heavy atom. The largest absolute Gasteiger partial charge is 0.308 e. The predicted octanol–water partition coefficient (Wildman–Crippen LogP) is 2.73. The van der Waals surface area contributed by atoms with Crippen molar-refractivity contribution in [3.05, 3.63) is 60.4 Å². The topological polar surface area (TPSA) is 91.0 Å². The Balaban J connectivity index is 1.49. The summed E-state index contributed by atoms with van der Waals surface area (Å²) in [5, 5.41) is 9.75. The SMILES string of the molecule is CC1(C)C(=O)N(CC(=O)Nc2cc(-c3ccncc3)[nH]n2)c2ccccc21. The van der Waals surface area contributed by atoms with E-state index in [4.69, 9.17) is 0 Å². The summed E-state index contributed by atoms with van der Waals surface area (Å²) in [6, 6.07) is 13.0. The first-order chi connectivity index (χ1) is 13.0. The average Bonchev–Trinajstić information content (AvgIpc) is 3.21. The number of para-hydroxylation sites is 1. The summed E-state index contributed by atoms with van der Waals surface area (Å²) < 4.78 is 0. The van der Waals surface area contributed by atoms with Gasteiger partial charge in [-0.3, -0.25) is 19.7 Å². The molecule has 0 atom stereocenters. The number of fused-ring (bicyclic) bond motifs is 1. The van der Waals surface area contributed by atoms with Gasteiger partial charge < -0.3 is 10.2 Å². The highest BCUT2D eigenvalue weighted by Crippen LogP contribution is 2.41. The molecule has 4 rings (SSSR count). The molecule has 0 fully saturated rings. The van der Waals surface area contributed by atoms with Crippen molar-refractivity contribution in [2.24, 2.45) is 0 Å². The maximum atomic E-state index is 12.8. The zero-order valence-electron chi connectivity index (χ0n) is 15.1. The minimum Gasteiger partial charge on any atom is -0.308 e. The van der Waals surface area contributed by atoms with E-state index >= 15 is 0 Å². The summed E-state index contributed by atoms with van der Waals surface area (Å²) in [7, 11) is 0. The Morgan fingerprint density at radius 3 is 2.70 bits per heavy atom. The monoisotopic (exact) mass is 361 g/mol. The number of carbonyl (C=O) groups is 2. The number of aromatic nitrogens is 3. The quantitative estimate of drug-likeness (QED) is 0.747. The van der Waals surface area contributed by atoms with Crippen LogP contribution < -0.4 is 10.2 Å². The van der Waals surface area contributed by atoms with Gasteiger partial charge in [-0.15, -0.1) is 0 Å². The molecule has 3 aromatic rings. The van der Waals surface area contributed by atoms with E-state index < -0.39 is 5.41 Å². The van der Waals surface area contributed by atoms with Crippen molar-refractivity contribution in [3.63, 3.8) is 0 Å². The van der Waals surface area contributed by atoms with Crippen LogP contribution >= 0.6 is 0 Å². The molecule has 0 aliphatic carbocycles. The van der Waals surface area contributed by atoms with Crippen molar-refractivity contribution in [2.75, 3.05) is 16.8 Å². The van der Waals surface area contributed by atoms with Crippen LogP contribution in [-0.4, -0.2) is 33.5 Å². The average molecular weight is 361 g/mol. The van der Waals surface area contributed by atoms with E-state index in [0.717, 1.165) is 22.5 Å². The molecule has 0 unspecified atom stereocenters. The lowest BCUT2D eigenvalue weighted by Crippen LogP contribution is -2.40. The number of amides is 2. The highest BCUT2D eigenvalue weighted by atomic mass is 16.2. The first kappa shape index (κ1) is 17.0. The fourth-order valence-corrected chi connectivity index (χ4v) is 3.35. The van der Waals surface area contributed by atoms with Gasteiger partial charge >= 0.3 is 0 Å². The zero-order valence-corrected chi connectivity index (χ0v) is 15.1. The molecular formula is C20H19N5O2. The number of nitrogens with one attached hydrogen (secondary N) is 2. The van der Waals surface area contributed by atoms with Crippen LogP contribution in [0.2, 0.25) is 0 Å². The fourth-order valence-electron chi connectivity index (χ4n) is 3.35. The third kappa shape index (κ3) is 2.97. The number of aromatic amines is 1. The van der Waals surface area contributed by atoms with Gasteiger partial charge in [-0.05, 0) is 37.6 Å². The van der Waals surface area contributed by atoms with Crippen molar-refractivity contribution < 1.29 is 9.59 Å². The van der Waals surface area contributed by atoms with Gasteiger partial charge in [0.05, 0.1) is 11.1 Å². The van der Waals surface area contributed by atoms with E-state index in [2.05, 4.69) is 20.5 Å². The van der Waals surface area contributed by atoms with Gasteiger partial charge in [0.25, 0.3) is 0 Å². The molecule has 7 nitrogen and oxygen atoms in total. The number of H-pyrrole nitrogens is 1. The first-order valence-electron chi connectivity index (χ1n) is 8.64. The number of nitrogens with zero attached hydrogens (tertiary/aromatic N) is 3. The van der Waals surface area contributed by atoms with E-state index in [9.17, 15) is 9.59 Å². The second-order valence-corrected chi connectivity index (χ2v) is 6.98. The highest BCUT2D eigenvalue weighted by Gasteiger charge is 2.44. The molecule has 1 aliphatic heterocycles. The standard InChI is InChI=1S/C20H19N5O2/c1-20(2)14-5-3-4-6-16(14)25(19(20)27)12-18(26)22-17-11-15(23-24-17)13-7-9-21-10-8-13/h3-11H,12H2,1-2H3,(H2,22,23,24,26). The molecule has 3 heterocycles. The molecule has 2 N–H and O–H groups in total. The molecule has 0 spiro atoms. The van der Waals surface area contributed by atoms with Crippen molar-refractivity contribution in [1.29, 1.82) is 0 Å². The molecule has 27 heavy (non-hydrogen) atoms. The van der Waals surface area contributed by atoms with Crippen LogP contribution in [0, 0.1) is 0 Å². The van der Waals surface area contributed by atoms with Gasteiger partial charge in [-0.1, -0.05) is 18.2 Å². The predicted molar refractivity (Wildman–Crippen MR) is 102 cm³/mol. The van der Waals surface area contributed by atoms with Crippen molar-refractivity contribution in [2.45, 2.75) is 19.3 Å². The molecule has 2 aromatic heterocycles. The van der Waals surface area contributed by atoms with Crippen LogP contribution in [0.15, 0.2) is 54.9 Å². The number of carbonyl (C=O) groups excluding carboxylic acids is 2. The van der Waals surface area contributed by atoms with Gasteiger partial charge in [-0.25, -0.2) is 0 Å². The lowest BCUT2D eigenvalue weighted by atomic mass is 9.86. The van der Waals surface area contributed by atoms with E-state index in [0.29, 0.717) is 5.82 Å². The summed E-state index contributed by atoms with van der Waals surface area (Å²) in [6.07, 6.45) is 3.37. The second kappa shape index (κ2) is 6.35. The lowest BCUT2D eigenvalue weighted by Gasteiger charge is -2.19. The molecule has 7 heteroatoms. The van der Waals surface area contributed by atoms with Gasteiger partial charge in [0.1, 0.15) is 6.54 Å². The van der Waals surface area contributed by atoms with Crippen molar-refractivity contribution in [3.8, 4) is 11.3 Å². The molecule has 0 saturated carbocycles. The van der Waals surface area contributed by atoms with Gasteiger partial charge in [0.15, 0.2) is 5.82 Å². The molecule has 0 bridgehead atoms. The van der Waals surface area contributed by atoms with Gasteiger partial charge in [0, 0.05) is 29.7 Å². The van der Waals surface area contributed by atoms with E-state index in [1.54, 1.807) is 18.5 Å². The number of benzene rings is 1. The molecule has 1 aromatic carbocycles. The van der Waals surface area contributed by atoms with E-state index in [1.165, 1.54) is 4.90 Å². The van der Waals surface area contributed by atoms with E-state index in [1.807, 2.05) is 50.2 Å². The number of anilines is 2. The van der Waals surface area contributed by atoms with E-state index in [-0.39, 0.29) is 18.4 Å². The van der Waals surface area contributed by atoms with Gasteiger partial charge in [-0.2, -0.15) is 5.10 Å². The number of hydrogen-bond acceptors (Lipinski definition) is 4. The lowest BCUT2D eigenvalue weighted by molar-refractivity contribution is -0.124. The Hall–Kier alpha value is -3.48. The van der Waals surface area contributed by atoms with Crippen LogP contribution in [0.5, 0.6) is 0 Å². The van der Waals surface area contributed by atoms with Crippen LogP contribution in [0.3, 0.4) is 0 Å². The minimum absolute atomic E-state index is 0.0588. The van der Waals surface area contributed by atoms with Crippen molar-refractivity contribution in [1.82, 2.24) is 15.2 Å². The maximum Gasteiger partial charge on any atom is 0.245 e.